The SMILES string of the molecule is CCC(C(=O)[O-])([C@H]1CC[C@@]2(C)C(=CC[C@H]3[C@@H]4CC[C@H]([C@H](C)CCCC(C)C)[C@@]4(C)CC[C@@H]32)C1)[N+](C)(C)C. The first kappa shape index (κ1) is 29.2. The molecule has 3 saturated carbocycles. The van der Waals surface area contributed by atoms with E-state index in [1.807, 2.05) is 0 Å². The number of carbonyl (C=O) groups excluding carboxylic acids is 1. The second-order valence-electron chi connectivity index (χ2n) is 15.8. The van der Waals surface area contributed by atoms with Crippen molar-refractivity contribution >= 4 is 5.97 Å². The minimum Gasteiger partial charge on any atom is -0.544 e. The standard InChI is InChI=1S/C34H59NO2/c1-10-34(31(36)37,35(7,8)9)26-18-20-32(5)25(22-26)14-15-27-29-17-16-28(24(4)13-11-12-23(2)3)33(29,6)21-19-30(27)32/h14,23-24,26-30H,10-13,15-22H2,1-9H3/t24-,26+,27+,28-,29+,30+,32+,33-,34?/m1/s1. The van der Waals surface area contributed by atoms with E-state index in [2.05, 4.69) is 68.8 Å². The van der Waals surface area contributed by atoms with Gasteiger partial charge in [0, 0.05) is 12.3 Å². The second-order valence-corrected chi connectivity index (χ2v) is 15.8. The minimum absolute atomic E-state index is 0.162. The lowest BCUT2D eigenvalue weighted by atomic mass is 9.46. The highest BCUT2D eigenvalue weighted by Crippen LogP contribution is 2.68. The third-order valence-electron chi connectivity index (χ3n) is 13.1. The Hall–Kier alpha value is -0.830. The van der Waals surface area contributed by atoms with Crippen LogP contribution in [0.5, 0.6) is 0 Å². The van der Waals surface area contributed by atoms with E-state index in [1.165, 1.54) is 51.4 Å². The summed E-state index contributed by atoms with van der Waals surface area (Å²) in [5.41, 5.74) is 1.57. The maximum Gasteiger partial charge on any atom is 0.141 e. The van der Waals surface area contributed by atoms with Crippen LogP contribution in [0.3, 0.4) is 0 Å². The fourth-order valence-electron chi connectivity index (χ4n) is 11.0. The summed E-state index contributed by atoms with van der Waals surface area (Å²) >= 11 is 0. The molecule has 9 atom stereocenters. The van der Waals surface area contributed by atoms with Gasteiger partial charge in [-0.3, -0.25) is 0 Å². The molecular weight excluding hydrogens is 454 g/mol. The molecule has 212 valence electrons. The number of hydrogen-bond acceptors (Lipinski definition) is 2. The molecule has 0 radical (unpaired) electrons. The molecule has 0 aromatic carbocycles. The topological polar surface area (TPSA) is 40.1 Å². The lowest BCUT2D eigenvalue weighted by Gasteiger charge is -2.60. The third kappa shape index (κ3) is 4.66. The van der Waals surface area contributed by atoms with Crippen LogP contribution in [0.15, 0.2) is 11.6 Å². The minimum atomic E-state index is -0.849. The van der Waals surface area contributed by atoms with Crippen molar-refractivity contribution < 1.29 is 14.4 Å². The first-order chi connectivity index (χ1) is 17.2. The van der Waals surface area contributed by atoms with Gasteiger partial charge in [0.2, 0.25) is 0 Å². The highest BCUT2D eigenvalue weighted by Gasteiger charge is 2.61. The first-order valence-corrected chi connectivity index (χ1v) is 15.9. The number of hydrogen-bond donors (Lipinski definition) is 0. The van der Waals surface area contributed by atoms with Crippen molar-refractivity contribution in [1.82, 2.24) is 0 Å². The Kier molecular flexibility index (Phi) is 8.11. The number of carboxylic acids is 1. The van der Waals surface area contributed by atoms with Crippen molar-refractivity contribution in [2.45, 2.75) is 124 Å². The largest absolute Gasteiger partial charge is 0.544 e. The maximum absolute atomic E-state index is 12.7. The quantitative estimate of drug-likeness (QED) is 0.241. The van der Waals surface area contributed by atoms with Crippen LogP contribution in [-0.4, -0.2) is 37.1 Å². The predicted molar refractivity (Wildman–Crippen MR) is 153 cm³/mol. The molecule has 3 fully saturated rings. The monoisotopic (exact) mass is 513 g/mol. The Morgan fingerprint density at radius 2 is 1.76 bits per heavy atom. The summed E-state index contributed by atoms with van der Waals surface area (Å²) in [4.78, 5) is 12.7. The molecule has 37 heavy (non-hydrogen) atoms. The number of quaternary nitrogens is 1. The molecule has 0 N–H and O–H groups in total. The number of nitrogens with zero attached hydrogens (tertiary/aromatic N) is 1. The number of aliphatic carboxylic acids is 1. The summed E-state index contributed by atoms with van der Waals surface area (Å²) in [6, 6.07) is 0. The van der Waals surface area contributed by atoms with Gasteiger partial charge in [-0.15, -0.1) is 0 Å². The van der Waals surface area contributed by atoms with Gasteiger partial charge >= 0.3 is 0 Å². The smallest absolute Gasteiger partial charge is 0.141 e. The Balaban J connectivity index is 1.53. The highest BCUT2D eigenvalue weighted by molar-refractivity contribution is 5.75. The van der Waals surface area contributed by atoms with E-state index in [0.29, 0.717) is 16.3 Å². The number of rotatable bonds is 9. The molecule has 4 aliphatic rings. The summed E-state index contributed by atoms with van der Waals surface area (Å²) in [5.74, 6) is 4.38. The zero-order valence-corrected chi connectivity index (χ0v) is 25.9. The van der Waals surface area contributed by atoms with Crippen LogP contribution in [0, 0.1) is 52.3 Å². The molecule has 0 aromatic rings. The lowest BCUT2D eigenvalue weighted by Crippen LogP contribution is -2.70. The molecule has 3 nitrogen and oxygen atoms in total. The zero-order chi connectivity index (χ0) is 27.4. The lowest BCUT2D eigenvalue weighted by molar-refractivity contribution is -0.921. The molecule has 0 amide bonds. The third-order valence-corrected chi connectivity index (χ3v) is 13.1. The van der Waals surface area contributed by atoms with E-state index in [9.17, 15) is 9.90 Å². The van der Waals surface area contributed by atoms with Crippen LogP contribution in [0.2, 0.25) is 0 Å². The Labute approximate surface area is 229 Å². The first-order valence-electron chi connectivity index (χ1n) is 15.9. The van der Waals surface area contributed by atoms with Gasteiger partial charge in [0.05, 0.1) is 21.1 Å². The predicted octanol–water partition coefficient (Wildman–Crippen LogP) is 7.25. The van der Waals surface area contributed by atoms with E-state index < -0.39 is 11.5 Å². The molecule has 4 aliphatic carbocycles. The molecule has 0 saturated heterocycles. The summed E-state index contributed by atoms with van der Waals surface area (Å²) in [7, 11) is 6.17. The number of allylic oxidation sites excluding steroid dienone is 2. The van der Waals surface area contributed by atoms with E-state index in [0.717, 1.165) is 54.8 Å². The molecule has 4 rings (SSSR count). The van der Waals surface area contributed by atoms with Gasteiger partial charge in [-0.2, -0.15) is 0 Å². The van der Waals surface area contributed by atoms with E-state index >= 15 is 0 Å². The van der Waals surface area contributed by atoms with Crippen LogP contribution in [0.25, 0.3) is 0 Å². The van der Waals surface area contributed by atoms with Gasteiger partial charge in [-0.25, -0.2) is 0 Å². The molecule has 0 heterocycles. The van der Waals surface area contributed by atoms with Gasteiger partial charge in [0.15, 0.2) is 0 Å². The van der Waals surface area contributed by atoms with Crippen molar-refractivity contribution in [3.63, 3.8) is 0 Å². The highest BCUT2D eigenvalue weighted by atomic mass is 16.4. The molecule has 0 bridgehead atoms. The molecule has 1 unspecified atom stereocenters. The second kappa shape index (κ2) is 10.3. The van der Waals surface area contributed by atoms with Crippen molar-refractivity contribution in [2.24, 2.45) is 52.3 Å². The van der Waals surface area contributed by atoms with Crippen molar-refractivity contribution in [1.29, 1.82) is 0 Å². The Bertz CT molecular complexity index is 870. The van der Waals surface area contributed by atoms with Gasteiger partial charge < -0.3 is 14.4 Å². The van der Waals surface area contributed by atoms with Crippen LogP contribution < -0.4 is 5.11 Å². The molecule has 0 aromatic heterocycles. The zero-order valence-electron chi connectivity index (χ0n) is 25.9. The van der Waals surface area contributed by atoms with Crippen LogP contribution in [0.1, 0.15) is 119 Å². The summed E-state index contributed by atoms with van der Waals surface area (Å²) < 4.78 is 0.448. The number of fused-ring (bicyclic) bond motifs is 5. The number of carboxylic acid groups (broad SMARTS) is 1. The average molecular weight is 514 g/mol. The van der Waals surface area contributed by atoms with Gasteiger partial charge in [0.25, 0.3) is 0 Å². The van der Waals surface area contributed by atoms with Gasteiger partial charge in [-0.1, -0.05) is 72.5 Å². The summed E-state index contributed by atoms with van der Waals surface area (Å²) in [5, 5.41) is 12.7. The van der Waals surface area contributed by atoms with Crippen LogP contribution in [-0.2, 0) is 4.79 Å². The van der Waals surface area contributed by atoms with E-state index in [4.69, 9.17) is 0 Å². The van der Waals surface area contributed by atoms with Crippen molar-refractivity contribution in [3.05, 3.63) is 11.6 Å². The average Bonchev–Trinajstić information content (AvgIpc) is 3.15. The Morgan fingerprint density at radius 1 is 1.05 bits per heavy atom. The van der Waals surface area contributed by atoms with E-state index in [1.54, 1.807) is 5.57 Å². The number of likely N-dealkylation sites (N-methyl/N-ethyl adjacent to an activating group) is 1. The van der Waals surface area contributed by atoms with Gasteiger partial charge in [0.1, 0.15) is 11.5 Å². The van der Waals surface area contributed by atoms with Gasteiger partial charge in [-0.05, 0) is 97.7 Å². The van der Waals surface area contributed by atoms with E-state index in [-0.39, 0.29) is 11.3 Å². The maximum atomic E-state index is 12.7. The summed E-state index contributed by atoms with van der Waals surface area (Å²) in [6.45, 7) is 14.6. The summed E-state index contributed by atoms with van der Waals surface area (Å²) in [6.07, 6.45) is 17.4. The normalized spacial score (nSPS) is 40.3. The molecular formula is C34H59NO2. The number of carbonyl (C=O) groups is 1. The molecule has 0 spiro atoms. The molecule has 0 aliphatic heterocycles. The van der Waals surface area contributed by atoms with Crippen molar-refractivity contribution in [2.75, 3.05) is 21.1 Å². The molecule has 3 heteroatoms. The Morgan fingerprint density at radius 3 is 2.35 bits per heavy atom. The fraction of sp³-hybridized carbons (Fsp3) is 0.912. The van der Waals surface area contributed by atoms with Crippen LogP contribution in [0.4, 0.5) is 0 Å². The fourth-order valence-corrected chi connectivity index (χ4v) is 11.0. The van der Waals surface area contributed by atoms with Crippen molar-refractivity contribution in [3.8, 4) is 0 Å². The van der Waals surface area contributed by atoms with Crippen LogP contribution >= 0.6 is 0 Å².